The van der Waals surface area contributed by atoms with Crippen LogP contribution in [0.5, 0.6) is 5.75 Å². The molecule has 8 heteroatoms. The fraction of sp³-hybridized carbons (Fsp3) is 0.364. The lowest BCUT2D eigenvalue weighted by atomic mass is 9.93. The first-order valence-electron chi connectivity index (χ1n) is 9.66. The molecule has 2 aliphatic heterocycles. The highest BCUT2D eigenvalue weighted by molar-refractivity contribution is 5.90. The molecule has 1 amide bonds. The number of carbonyl (C=O) groups excluding carboxylic acids is 1. The van der Waals surface area contributed by atoms with E-state index < -0.39 is 29.8 Å². The fourth-order valence-corrected chi connectivity index (χ4v) is 4.23. The van der Waals surface area contributed by atoms with Gasteiger partial charge in [0, 0.05) is 26.2 Å². The number of halogens is 2. The van der Waals surface area contributed by atoms with E-state index in [2.05, 4.69) is 0 Å². The van der Waals surface area contributed by atoms with Crippen molar-refractivity contribution < 1.29 is 28.2 Å². The molecule has 2 aliphatic rings. The monoisotopic (exact) mass is 416 g/mol. The van der Waals surface area contributed by atoms with Gasteiger partial charge in [-0.2, -0.15) is 0 Å². The number of carboxylic acids is 1. The van der Waals surface area contributed by atoms with Crippen molar-refractivity contribution in [3.8, 4) is 5.75 Å². The number of hydrogen-bond donors (Lipinski definition) is 1. The van der Waals surface area contributed by atoms with Crippen LogP contribution in [0.25, 0.3) is 0 Å². The number of amides is 1. The zero-order valence-corrected chi connectivity index (χ0v) is 16.3. The first kappa shape index (κ1) is 20.3. The number of carbonyl (C=O) groups is 2. The maximum atomic E-state index is 15.6. The first-order chi connectivity index (χ1) is 14.3. The molecular formula is C22H22F2N2O4. The Balaban J connectivity index is 1.43. The molecule has 1 N–H and O–H groups in total. The van der Waals surface area contributed by atoms with E-state index in [-0.39, 0.29) is 32.7 Å². The first-order valence-corrected chi connectivity index (χ1v) is 9.66. The molecule has 2 saturated heterocycles. The molecule has 2 heterocycles. The minimum Gasteiger partial charge on any atom is -0.482 e. The lowest BCUT2D eigenvalue weighted by Crippen LogP contribution is -2.47. The number of fused-ring (bicyclic) bond motifs is 1. The predicted molar refractivity (Wildman–Crippen MR) is 104 cm³/mol. The van der Waals surface area contributed by atoms with Crippen LogP contribution in [0.15, 0.2) is 54.6 Å². The molecule has 0 bridgehead atoms. The van der Waals surface area contributed by atoms with Gasteiger partial charge in [0.15, 0.2) is 12.3 Å². The molecule has 0 spiro atoms. The van der Waals surface area contributed by atoms with Crippen LogP contribution < -0.4 is 4.74 Å². The third kappa shape index (κ3) is 3.75. The van der Waals surface area contributed by atoms with Gasteiger partial charge in [0.1, 0.15) is 5.75 Å². The van der Waals surface area contributed by atoms with Gasteiger partial charge in [-0.15, -0.1) is 0 Å². The minimum atomic E-state index is -2.57. The Labute approximate surface area is 172 Å². The number of ether oxygens (including phenoxy) is 1. The van der Waals surface area contributed by atoms with Crippen LogP contribution in [0.2, 0.25) is 0 Å². The largest absolute Gasteiger partial charge is 0.482 e. The topological polar surface area (TPSA) is 70.1 Å². The zero-order valence-electron chi connectivity index (χ0n) is 16.3. The second-order valence-electron chi connectivity index (χ2n) is 7.89. The summed E-state index contributed by atoms with van der Waals surface area (Å²) in [4.78, 5) is 26.2. The van der Waals surface area contributed by atoms with Crippen molar-refractivity contribution in [2.45, 2.75) is 24.4 Å². The van der Waals surface area contributed by atoms with E-state index in [1.165, 1.54) is 4.90 Å². The van der Waals surface area contributed by atoms with Gasteiger partial charge in [0.2, 0.25) is 5.67 Å². The number of alkyl halides is 2. The van der Waals surface area contributed by atoms with Crippen LogP contribution >= 0.6 is 0 Å². The summed E-state index contributed by atoms with van der Waals surface area (Å²) >= 11 is 0. The van der Waals surface area contributed by atoms with Gasteiger partial charge < -0.3 is 14.7 Å². The summed E-state index contributed by atoms with van der Waals surface area (Å²) in [5.74, 6) is -1.54. The molecule has 2 aromatic carbocycles. The highest BCUT2D eigenvalue weighted by Crippen LogP contribution is 2.46. The zero-order chi connectivity index (χ0) is 21.4. The predicted octanol–water partition coefficient (Wildman–Crippen LogP) is 2.42. The summed E-state index contributed by atoms with van der Waals surface area (Å²) in [6, 6.07) is 15.8. The fourth-order valence-electron chi connectivity index (χ4n) is 4.23. The Hall–Kier alpha value is -3.00. The summed E-state index contributed by atoms with van der Waals surface area (Å²) in [6.07, 6.45) is 0. The molecule has 30 heavy (non-hydrogen) atoms. The number of carboxylic acid groups (broad SMARTS) is 1. The number of rotatable bonds is 7. The summed E-state index contributed by atoms with van der Waals surface area (Å²) in [7, 11) is 0. The van der Waals surface area contributed by atoms with E-state index in [4.69, 9.17) is 9.84 Å². The third-order valence-corrected chi connectivity index (χ3v) is 5.58. The van der Waals surface area contributed by atoms with Gasteiger partial charge in [-0.3, -0.25) is 9.69 Å². The molecule has 0 aliphatic carbocycles. The van der Waals surface area contributed by atoms with Crippen molar-refractivity contribution in [1.29, 1.82) is 0 Å². The van der Waals surface area contributed by atoms with E-state index in [9.17, 15) is 9.59 Å². The molecule has 4 rings (SSSR count). The van der Waals surface area contributed by atoms with E-state index in [1.807, 2.05) is 30.3 Å². The second kappa shape index (κ2) is 7.68. The van der Waals surface area contributed by atoms with Crippen LogP contribution in [0, 0.1) is 0 Å². The van der Waals surface area contributed by atoms with Crippen molar-refractivity contribution in [2.24, 2.45) is 0 Å². The highest BCUT2D eigenvalue weighted by Gasteiger charge is 2.70. The number of nitrogens with zero attached hydrogens (tertiary/aromatic N) is 2. The normalized spacial score (nSPS) is 26.1. The third-order valence-electron chi connectivity index (χ3n) is 5.58. The molecule has 2 atom stereocenters. The minimum absolute atomic E-state index is 0.181. The molecular weight excluding hydrogens is 394 g/mol. The SMILES string of the molecule is O=C(O)COc1cccc(CN2C[C@]3(F)CN(Cc4ccccc4)C(=O)[C@]3(F)C2)c1. The Morgan fingerprint density at radius 3 is 2.43 bits per heavy atom. The van der Waals surface area contributed by atoms with Gasteiger partial charge >= 0.3 is 5.97 Å². The van der Waals surface area contributed by atoms with Crippen molar-refractivity contribution in [3.05, 3.63) is 65.7 Å². The van der Waals surface area contributed by atoms with Gasteiger partial charge in [-0.05, 0) is 23.3 Å². The molecule has 158 valence electrons. The van der Waals surface area contributed by atoms with Crippen molar-refractivity contribution in [2.75, 3.05) is 26.2 Å². The van der Waals surface area contributed by atoms with Crippen molar-refractivity contribution in [3.63, 3.8) is 0 Å². The van der Waals surface area contributed by atoms with Gasteiger partial charge in [-0.25, -0.2) is 13.6 Å². The number of hydrogen-bond acceptors (Lipinski definition) is 4. The Bertz CT molecular complexity index is 957. The van der Waals surface area contributed by atoms with E-state index in [0.29, 0.717) is 5.75 Å². The number of benzene rings is 2. The maximum Gasteiger partial charge on any atom is 0.341 e. The summed E-state index contributed by atoms with van der Waals surface area (Å²) in [5, 5.41) is 8.71. The Morgan fingerprint density at radius 1 is 1.00 bits per heavy atom. The number of aliphatic carboxylic acids is 1. The lowest BCUT2D eigenvalue weighted by molar-refractivity contribution is -0.140. The molecule has 0 radical (unpaired) electrons. The van der Waals surface area contributed by atoms with Crippen molar-refractivity contribution in [1.82, 2.24) is 9.80 Å². The van der Waals surface area contributed by atoms with Crippen LogP contribution in [0.4, 0.5) is 8.78 Å². The Kier molecular flexibility index (Phi) is 5.19. The summed E-state index contributed by atoms with van der Waals surface area (Å²) < 4.78 is 36.3. The smallest absolute Gasteiger partial charge is 0.341 e. The molecule has 0 saturated carbocycles. The van der Waals surface area contributed by atoms with Gasteiger partial charge in [-0.1, -0.05) is 42.5 Å². The summed E-state index contributed by atoms with van der Waals surface area (Å²) in [5.41, 5.74) is -3.29. The van der Waals surface area contributed by atoms with E-state index in [0.717, 1.165) is 11.1 Å². The highest BCUT2D eigenvalue weighted by atomic mass is 19.2. The van der Waals surface area contributed by atoms with E-state index in [1.54, 1.807) is 29.2 Å². The lowest BCUT2D eigenvalue weighted by Gasteiger charge is -2.22. The number of likely N-dealkylation sites (tertiary alicyclic amines) is 2. The van der Waals surface area contributed by atoms with Gasteiger partial charge in [0.05, 0.1) is 6.54 Å². The van der Waals surface area contributed by atoms with Crippen LogP contribution in [0.1, 0.15) is 11.1 Å². The molecule has 2 fully saturated rings. The average molecular weight is 416 g/mol. The molecule has 0 aromatic heterocycles. The summed E-state index contributed by atoms with van der Waals surface area (Å²) in [6.45, 7) is -0.863. The average Bonchev–Trinajstić information content (AvgIpc) is 3.05. The van der Waals surface area contributed by atoms with E-state index >= 15 is 8.78 Å². The Morgan fingerprint density at radius 2 is 1.73 bits per heavy atom. The van der Waals surface area contributed by atoms with Crippen LogP contribution in [-0.4, -0.2) is 64.4 Å². The quantitative estimate of drug-likeness (QED) is 0.751. The standard InChI is InChI=1S/C22H22F2N2O4/c23-21-13-25(10-17-7-4-8-18(9-17)30-12-19(27)28)15-22(21,24)20(29)26(14-21)11-16-5-2-1-3-6-16/h1-9H,10-15H2,(H,27,28)/t21-,22+/m0/s1. The molecule has 0 unspecified atom stereocenters. The maximum absolute atomic E-state index is 15.6. The molecule has 2 aromatic rings. The van der Waals surface area contributed by atoms with Crippen molar-refractivity contribution >= 4 is 11.9 Å². The van der Waals surface area contributed by atoms with Crippen LogP contribution in [-0.2, 0) is 22.7 Å². The van der Waals surface area contributed by atoms with Crippen LogP contribution in [0.3, 0.4) is 0 Å². The van der Waals surface area contributed by atoms with Gasteiger partial charge in [0.25, 0.3) is 5.91 Å². The second-order valence-corrected chi connectivity index (χ2v) is 7.89. The molecule has 6 nitrogen and oxygen atoms in total.